The SMILES string of the molecule is CCOC(CC)C(N)CCc1ccc(OC)cc1. The lowest BCUT2D eigenvalue weighted by atomic mass is 10.0. The van der Waals surface area contributed by atoms with E-state index in [-0.39, 0.29) is 12.1 Å². The summed E-state index contributed by atoms with van der Waals surface area (Å²) in [5.74, 6) is 0.892. The van der Waals surface area contributed by atoms with Crippen LogP contribution in [-0.2, 0) is 11.2 Å². The molecule has 0 aliphatic heterocycles. The van der Waals surface area contributed by atoms with Gasteiger partial charge in [-0.2, -0.15) is 0 Å². The van der Waals surface area contributed by atoms with Gasteiger partial charge in [0.2, 0.25) is 0 Å². The molecule has 3 nitrogen and oxygen atoms in total. The Kier molecular flexibility index (Phi) is 6.76. The fraction of sp³-hybridized carbons (Fsp3) is 0.600. The molecule has 0 amide bonds. The van der Waals surface area contributed by atoms with Crippen LogP contribution >= 0.6 is 0 Å². The van der Waals surface area contributed by atoms with Crippen molar-refractivity contribution in [2.24, 2.45) is 5.73 Å². The summed E-state index contributed by atoms with van der Waals surface area (Å²) < 4.78 is 10.8. The summed E-state index contributed by atoms with van der Waals surface area (Å²) in [6.07, 6.45) is 3.07. The van der Waals surface area contributed by atoms with Crippen molar-refractivity contribution in [2.45, 2.75) is 45.3 Å². The van der Waals surface area contributed by atoms with Crippen LogP contribution in [0.25, 0.3) is 0 Å². The van der Waals surface area contributed by atoms with Gasteiger partial charge in [-0.25, -0.2) is 0 Å². The highest BCUT2D eigenvalue weighted by Gasteiger charge is 2.15. The van der Waals surface area contributed by atoms with Gasteiger partial charge >= 0.3 is 0 Å². The molecule has 3 heteroatoms. The number of hydrogen-bond donors (Lipinski definition) is 1. The Bertz CT molecular complexity index is 324. The third kappa shape index (κ3) is 4.67. The summed E-state index contributed by atoms with van der Waals surface area (Å²) in [5.41, 5.74) is 7.46. The largest absolute Gasteiger partial charge is 0.497 e. The Balaban J connectivity index is 2.42. The summed E-state index contributed by atoms with van der Waals surface area (Å²) in [5, 5.41) is 0. The fourth-order valence-corrected chi connectivity index (χ4v) is 2.07. The van der Waals surface area contributed by atoms with Crippen LogP contribution in [-0.4, -0.2) is 25.9 Å². The zero-order chi connectivity index (χ0) is 13.4. The van der Waals surface area contributed by atoms with E-state index in [0.29, 0.717) is 0 Å². The minimum Gasteiger partial charge on any atom is -0.497 e. The number of rotatable bonds is 8. The normalized spacial score (nSPS) is 14.2. The topological polar surface area (TPSA) is 44.5 Å². The van der Waals surface area contributed by atoms with Crippen molar-refractivity contribution in [3.05, 3.63) is 29.8 Å². The van der Waals surface area contributed by atoms with Crippen molar-refractivity contribution in [1.29, 1.82) is 0 Å². The Morgan fingerprint density at radius 1 is 1.17 bits per heavy atom. The second-order valence-corrected chi connectivity index (χ2v) is 4.45. The lowest BCUT2D eigenvalue weighted by molar-refractivity contribution is 0.0398. The first-order valence-corrected chi connectivity index (χ1v) is 6.71. The highest BCUT2D eigenvalue weighted by molar-refractivity contribution is 5.27. The van der Waals surface area contributed by atoms with E-state index in [9.17, 15) is 0 Å². The third-order valence-electron chi connectivity index (χ3n) is 3.19. The van der Waals surface area contributed by atoms with Gasteiger partial charge in [-0.15, -0.1) is 0 Å². The number of ether oxygens (including phenoxy) is 2. The lowest BCUT2D eigenvalue weighted by Crippen LogP contribution is -2.36. The minimum absolute atomic E-state index is 0.108. The van der Waals surface area contributed by atoms with E-state index in [1.807, 2.05) is 19.1 Å². The molecule has 0 bridgehead atoms. The standard InChI is InChI=1S/C15H25NO2/c1-4-15(18-5-2)14(16)11-8-12-6-9-13(17-3)10-7-12/h6-7,9-10,14-15H,4-5,8,11,16H2,1-3H3. The van der Waals surface area contributed by atoms with Crippen LogP contribution in [0.1, 0.15) is 32.3 Å². The number of nitrogens with two attached hydrogens (primary N) is 1. The Labute approximate surface area is 110 Å². The van der Waals surface area contributed by atoms with Gasteiger partial charge in [0.15, 0.2) is 0 Å². The van der Waals surface area contributed by atoms with Crippen LogP contribution in [0.15, 0.2) is 24.3 Å². The zero-order valence-corrected chi connectivity index (χ0v) is 11.7. The molecule has 0 radical (unpaired) electrons. The summed E-state index contributed by atoms with van der Waals surface area (Å²) in [4.78, 5) is 0. The molecule has 0 saturated heterocycles. The van der Waals surface area contributed by atoms with Crippen LogP contribution < -0.4 is 10.5 Å². The van der Waals surface area contributed by atoms with E-state index >= 15 is 0 Å². The first-order valence-electron chi connectivity index (χ1n) is 6.71. The Morgan fingerprint density at radius 3 is 2.33 bits per heavy atom. The van der Waals surface area contributed by atoms with Crippen LogP contribution in [0.2, 0.25) is 0 Å². The first kappa shape index (κ1) is 15.0. The van der Waals surface area contributed by atoms with Gasteiger partial charge in [0.05, 0.1) is 13.2 Å². The third-order valence-corrected chi connectivity index (χ3v) is 3.19. The predicted molar refractivity (Wildman–Crippen MR) is 75.0 cm³/mol. The quantitative estimate of drug-likeness (QED) is 0.772. The number of aryl methyl sites for hydroxylation is 1. The van der Waals surface area contributed by atoms with E-state index in [0.717, 1.165) is 31.6 Å². The van der Waals surface area contributed by atoms with Crippen molar-refractivity contribution >= 4 is 0 Å². The predicted octanol–water partition coefficient (Wildman–Crippen LogP) is 2.77. The van der Waals surface area contributed by atoms with E-state index in [4.69, 9.17) is 15.2 Å². The summed E-state index contributed by atoms with van der Waals surface area (Å²) >= 11 is 0. The molecule has 1 aromatic carbocycles. The molecule has 1 aromatic rings. The van der Waals surface area contributed by atoms with Crippen LogP contribution in [0.3, 0.4) is 0 Å². The molecular weight excluding hydrogens is 226 g/mol. The average Bonchev–Trinajstić information content (AvgIpc) is 2.42. The van der Waals surface area contributed by atoms with Crippen LogP contribution in [0.4, 0.5) is 0 Å². The molecule has 102 valence electrons. The Morgan fingerprint density at radius 2 is 1.83 bits per heavy atom. The van der Waals surface area contributed by atoms with E-state index < -0.39 is 0 Å². The second-order valence-electron chi connectivity index (χ2n) is 4.45. The zero-order valence-electron chi connectivity index (χ0n) is 11.7. The van der Waals surface area contributed by atoms with Crippen molar-refractivity contribution < 1.29 is 9.47 Å². The molecular formula is C15H25NO2. The summed E-state index contributed by atoms with van der Waals surface area (Å²) in [6.45, 7) is 4.86. The van der Waals surface area contributed by atoms with Gasteiger partial charge in [0.1, 0.15) is 5.75 Å². The van der Waals surface area contributed by atoms with Gasteiger partial charge in [-0.3, -0.25) is 0 Å². The smallest absolute Gasteiger partial charge is 0.118 e. The minimum atomic E-state index is 0.108. The maximum atomic E-state index is 6.17. The van der Waals surface area contributed by atoms with Gasteiger partial charge in [-0.05, 0) is 43.9 Å². The van der Waals surface area contributed by atoms with Crippen molar-refractivity contribution in [3.8, 4) is 5.75 Å². The average molecular weight is 251 g/mol. The Hall–Kier alpha value is -1.06. The number of methoxy groups -OCH3 is 1. The molecule has 18 heavy (non-hydrogen) atoms. The number of benzene rings is 1. The molecule has 2 unspecified atom stereocenters. The molecule has 0 heterocycles. The molecule has 0 saturated carbocycles. The lowest BCUT2D eigenvalue weighted by Gasteiger charge is -2.22. The molecule has 0 aliphatic carbocycles. The van der Waals surface area contributed by atoms with Crippen LogP contribution in [0, 0.1) is 0 Å². The first-order chi connectivity index (χ1) is 8.71. The van der Waals surface area contributed by atoms with Gasteiger partial charge in [-0.1, -0.05) is 19.1 Å². The molecule has 0 aromatic heterocycles. The van der Waals surface area contributed by atoms with Gasteiger partial charge < -0.3 is 15.2 Å². The molecule has 1 rings (SSSR count). The van der Waals surface area contributed by atoms with Gasteiger partial charge in [0.25, 0.3) is 0 Å². The number of hydrogen-bond acceptors (Lipinski definition) is 3. The summed E-state index contributed by atoms with van der Waals surface area (Å²) in [6, 6.07) is 8.26. The molecule has 0 spiro atoms. The van der Waals surface area contributed by atoms with E-state index in [1.165, 1.54) is 5.56 Å². The second kappa shape index (κ2) is 8.11. The molecule has 0 fully saturated rings. The van der Waals surface area contributed by atoms with Crippen molar-refractivity contribution in [3.63, 3.8) is 0 Å². The monoisotopic (exact) mass is 251 g/mol. The van der Waals surface area contributed by atoms with E-state index in [2.05, 4.69) is 19.1 Å². The van der Waals surface area contributed by atoms with Crippen molar-refractivity contribution in [1.82, 2.24) is 0 Å². The van der Waals surface area contributed by atoms with Gasteiger partial charge in [0, 0.05) is 12.6 Å². The molecule has 2 N–H and O–H groups in total. The molecule has 0 aliphatic rings. The van der Waals surface area contributed by atoms with Crippen LogP contribution in [0.5, 0.6) is 5.75 Å². The maximum Gasteiger partial charge on any atom is 0.118 e. The highest BCUT2D eigenvalue weighted by Crippen LogP contribution is 2.14. The highest BCUT2D eigenvalue weighted by atomic mass is 16.5. The van der Waals surface area contributed by atoms with Crippen molar-refractivity contribution in [2.75, 3.05) is 13.7 Å². The maximum absolute atomic E-state index is 6.17. The fourth-order valence-electron chi connectivity index (χ4n) is 2.07. The van der Waals surface area contributed by atoms with E-state index in [1.54, 1.807) is 7.11 Å². The molecule has 2 atom stereocenters. The summed E-state index contributed by atoms with van der Waals surface area (Å²) in [7, 11) is 1.68.